The third kappa shape index (κ3) is 5.11. The van der Waals surface area contributed by atoms with Gasteiger partial charge in [-0.15, -0.1) is 0 Å². The van der Waals surface area contributed by atoms with E-state index in [0.29, 0.717) is 62.7 Å². The van der Waals surface area contributed by atoms with Crippen molar-refractivity contribution >= 4 is 23.3 Å². The van der Waals surface area contributed by atoms with Gasteiger partial charge in [-0.2, -0.15) is 0 Å². The Bertz CT molecular complexity index is 480. The van der Waals surface area contributed by atoms with Gasteiger partial charge in [-0.05, 0) is 0 Å². The van der Waals surface area contributed by atoms with Crippen LogP contribution in [0.5, 0.6) is 0 Å². The lowest BCUT2D eigenvalue weighted by Crippen LogP contribution is -2.41. The second kappa shape index (κ2) is 8.11. The highest BCUT2D eigenvalue weighted by atomic mass is 35.5. The molecule has 2 rings (SSSR count). The maximum Gasteiger partial charge on any atom is 0.224 e. The second-order valence-corrected chi connectivity index (χ2v) is 4.98. The van der Waals surface area contributed by atoms with Gasteiger partial charge in [0.2, 0.25) is 5.91 Å². The zero-order valence-corrected chi connectivity index (χ0v) is 12.7. The zero-order valence-electron chi connectivity index (χ0n) is 12.0. The monoisotopic (exact) mass is 314 g/mol. The van der Waals surface area contributed by atoms with Crippen LogP contribution in [0.2, 0.25) is 5.15 Å². The van der Waals surface area contributed by atoms with Crippen molar-refractivity contribution in [1.29, 1.82) is 0 Å². The van der Waals surface area contributed by atoms with Gasteiger partial charge < -0.3 is 19.7 Å². The van der Waals surface area contributed by atoms with Gasteiger partial charge in [-0.25, -0.2) is 9.97 Å². The SMILES string of the molecule is COCc1nc(Cl)cc(NCCC(=O)N2CCOCC2)n1. The van der Waals surface area contributed by atoms with E-state index in [1.807, 2.05) is 4.90 Å². The van der Waals surface area contributed by atoms with Crippen LogP contribution in [0.4, 0.5) is 5.82 Å². The maximum absolute atomic E-state index is 12.0. The number of carbonyl (C=O) groups is 1. The number of hydrogen-bond donors (Lipinski definition) is 1. The summed E-state index contributed by atoms with van der Waals surface area (Å²) in [4.78, 5) is 22.1. The molecule has 1 aliphatic heterocycles. The number of aromatic nitrogens is 2. The fourth-order valence-corrected chi connectivity index (χ4v) is 2.22. The molecule has 1 fully saturated rings. The summed E-state index contributed by atoms with van der Waals surface area (Å²) in [7, 11) is 1.57. The quantitative estimate of drug-likeness (QED) is 0.787. The van der Waals surface area contributed by atoms with E-state index in [9.17, 15) is 4.79 Å². The molecule has 0 bridgehead atoms. The summed E-state index contributed by atoms with van der Waals surface area (Å²) >= 11 is 5.91. The van der Waals surface area contributed by atoms with Crippen LogP contribution in [-0.2, 0) is 20.9 Å². The van der Waals surface area contributed by atoms with E-state index >= 15 is 0 Å². The lowest BCUT2D eigenvalue weighted by Gasteiger charge is -2.26. The van der Waals surface area contributed by atoms with Crippen LogP contribution in [0.3, 0.4) is 0 Å². The van der Waals surface area contributed by atoms with Gasteiger partial charge >= 0.3 is 0 Å². The van der Waals surface area contributed by atoms with Gasteiger partial charge in [0.15, 0.2) is 5.82 Å². The van der Waals surface area contributed by atoms with Crippen molar-refractivity contribution in [2.75, 3.05) is 45.3 Å². The van der Waals surface area contributed by atoms with E-state index in [0.717, 1.165) is 0 Å². The summed E-state index contributed by atoms with van der Waals surface area (Å²) in [6, 6.07) is 1.62. The molecule has 1 aliphatic rings. The minimum Gasteiger partial charge on any atom is -0.378 e. The smallest absolute Gasteiger partial charge is 0.224 e. The number of nitrogens with zero attached hydrogens (tertiary/aromatic N) is 3. The van der Waals surface area contributed by atoms with Crippen molar-refractivity contribution in [2.24, 2.45) is 0 Å². The molecule has 0 unspecified atom stereocenters. The number of hydrogen-bond acceptors (Lipinski definition) is 6. The van der Waals surface area contributed by atoms with E-state index in [2.05, 4.69) is 15.3 Å². The van der Waals surface area contributed by atoms with Gasteiger partial charge in [-0.1, -0.05) is 11.6 Å². The van der Waals surface area contributed by atoms with Gasteiger partial charge in [0.25, 0.3) is 0 Å². The molecule has 1 saturated heterocycles. The molecule has 0 atom stereocenters. The van der Waals surface area contributed by atoms with Crippen LogP contribution >= 0.6 is 11.6 Å². The third-order valence-corrected chi connectivity index (χ3v) is 3.22. The number of ether oxygens (including phenoxy) is 2. The topological polar surface area (TPSA) is 76.6 Å². The average Bonchev–Trinajstić information content (AvgIpc) is 2.48. The largest absolute Gasteiger partial charge is 0.378 e. The van der Waals surface area contributed by atoms with Crippen molar-refractivity contribution in [2.45, 2.75) is 13.0 Å². The molecule has 116 valence electrons. The number of carbonyl (C=O) groups excluding carboxylic acids is 1. The molecule has 1 aromatic rings. The Balaban J connectivity index is 1.81. The summed E-state index contributed by atoms with van der Waals surface area (Å²) in [5.74, 6) is 1.21. The highest BCUT2D eigenvalue weighted by molar-refractivity contribution is 6.29. The fourth-order valence-electron chi connectivity index (χ4n) is 2.02. The van der Waals surface area contributed by atoms with Crippen molar-refractivity contribution in [3.05, 3.63) is 17.0 Å². The molecule has 1 N–H and O–H groups in total. The Kier molecular flexibility index (Phi) is 6.16. The van der Waals surface area contributed by atoms with Crippen LogP contribution in [0.1, 0.15) is 12.2 Å². The van der Waals surface area contributed by atoms with E-state index in [1.54, 1.807) is 13.2 Å². The van der Waals surface area contributed by atoms with Crippen LogP contribution in [-0.4, -0.2) is 60.7 Å². The molecule has 0 saturated carbocycles. The molecule has 21 heavy (non-hydrogen) atoms. The molecule has 2 heterocycles. The van der Waals surface area contributed by atoms with Crippen LogP contribution in [0.25, 0.3) is 0 Å². The molecule has 0 aliphatic carbocycles. The Hall–Kier alpha value is -1.44. The van der Waals surface area contributed by atoms with Crippen molar-refractivity contribution < 1.29 is 14.3 Å². The predicted molar refractivity (Wildman–Crippen MR) is 78.3 cm³/mol. The van der Waals surface area contributed by atoms with Crippen LogP contribution in [0.15, 0.2) is 6.07 Å². The first-order valence-electron chi connectivity index (χ1n) is 6.81. The average molecular weight is 315 g/mol. The number of nitrogens with one attached hydrogen (secondary N) is 1. The molecule has 0 aromatic carbocycles. The molecule has 1 aromatic heterocycles. The molecule has 0 spiro atoms. The Morgan fingerprint density at radius 2 is 2.24 bits per heavy atom. The summed E-state index contributed by atoms with van der Waals surface area (Å²) in [5.41, 5.74) is 0. The van der Waals surface area contributed by atoms with E-state index in [1.165, 1.54) is 0 Å². The normalized spacial score (nSPS) is 15.0. The van der Waals surface area contributed by atoms with Crippen LogP contribution < -0.4 is 5.32 Å². The van der Waals surface area contributed by atoms with E-state index in [-0.39, 0.29) is 5.91 Å². The highest BCUT2D eigenvalue weighted by Gasteiger charge is 2.16. The minimum absolute atomic E-state index is 0.114. The number of rotatable bonds is 6. The van der Waals surface area contributed by atoms with Crippen molar-refractivity contribution in [3.63, 3.8) is 0 Å². The summed E-state index contributed by atoms with van der Waals surface area (Å²) in [5, 5.41) is 3.43. The Morgan fingerprint density at radius 3 is 2.95 bits per heavy atom. The third-order valence-electron chi connectivity index (χ3n) is 3.02. The Morgan fingerprint density at radius 1 is 1.48 bits per heavy atom. The predicted octanol–water partition coefficient (Wildman–Crippen LogP) is 0.937. The zero-order chi connectivity index (χ0) is 15.1. The van der Waals surface area contributed by atoms with E-state index < -0.39 is 0 Å². The Labute approximate surface area is 128 Å². The number of amides is 1. The number of methoxy groups -OCH3 is 1. The van der Waals surface area contributed by atoms with Gasteiger partial charge in [0.1, 0.15) is 17.6 Å². The summed E-state index contributed by atoms with van der Waals surface area (Å²) < 4.78 is 10.2. The summed E-state index contributed by atoms with van der Waals surface area (Å²) in [6.45, 7) is 3.34. The standard InChI is InChI=1S/C13H19ClN4O3/c1-20-9-12-16-10(14)8-11(17-12)15-3-2-13(19)18-4-6-21-7-5-18/h8H,2-7,9H2,1H3,(H,15,16,17). The first-order chi connectivity index (χ1) is 10.2. The van der Waals surface area contributed by atoms with Gasteiger partial charge in [0.05, 0.1) is 13.2 Å². The van der Waals surface area contributed by atoms with Gasteiger partial charge in [0, 0.05) is 39.2 Å². The molecular formula is C13H19ClN4O3. The number of morpholine rings is 1. The summed E-state index contributed by atoms with van der Waals surface area (Å²) in [6.07, 6.45) is 0.404. The van der Waals surface area contributed by atoms with E-state index in [4.69, 9.17) is 21.1 Å². The maximum atomic E-state index is 12.0. The molecule has 0 radical (unpaired) electrons. The molecule has 7 nitrogen and oxygen atoms in total. The first kappa shape index (κ1) is 15.9. The van der Waals surface area contributed by atoms with Crippen molar-refractivity contribution in [3.8, 4) is 0 Å². The molecular weight excluding hydrogens is 296 g/mol. The van der Waals surface area contributed by atoms with Crippen LogP contribution in [0, 0.1) is 0 Å². The minimum atomic E-state index is 0.114. The highest BCUT2D eigenvalue weighted by Crippen LogP contribution is 2.12. The lowest BCUT2D eigenvalue weighted by atomic mass is 10.3. The first-order valence-corrected chi connectivity index (χ1v) is 7.18. The molecule has 8 heteroatoms. The number of halogens is 1. The fraction of sp³-hybridized carbons (Fsp3) is 0.615. The van der Waals surface area contributed by atoms with Crippen molar-refractivity contribution in [1.82, 2.24) is 14.9 Å². The molecule has 1 amide bonds. The number of anilines is 1. The second-order valence-electron chi connectivity index (χ2n) is 4.60. The van der Waals surface area contributed by atoms with Gasteiger partial charge in [-0.3, -0.25) is 4.79 Å². The lowest BCUT2D eigenvalue weighted by molar-refractivity contribution is -0.134.